The molecule has 0 aliphatic heterocycles. The number of carbonyl (C=O) groups excluding carboxylic acids is 1. The maximum absolute atomic E-state index is 10.9. The minimum Gasteiger partial charge on any atom is -0.306 e. The topological polar surface area (TPSA) is 20.3 Å². The molecule has 0 aromatic heterocycles. The highest BCUT2D eigenvalue weighted by molar-refractivity contribution is 9.18. The van der Waals surface area contributed by atoms with Crippen molar-refractivity contribution in [1.29, 1.82) is 0 Å². The molecule has 1 aromatic rings. The fourth-order valence-electron chi connectivity index (χ4n) is 0.786. The first-order valence-electron chi connectivity index (χ1n) is 3.30. The van der Waals surface area contributed by atoms with E-state index in [1.807, 2.05) is 24.3 Å². The summed E-state index contributed by atoms with van der Waals surface area (Å²) in [5.74, 6) is 0. The lowest BCUT2D eigenvalue weighted by atomic mass is 10.3. The van der Waals surface area contributed by atoms with Gasteiger partial charge in [-0.25, -0.2) is 0 Å². The maximum Gasteiger partial charge on any atom is 0.293 e. The molecule has 0 atom stereocenters. The number of hydrogen-bond donors (Lipinski definition) is 0. The highest BCUT2D eigenvalue weighted by atomic mass is 79.9. The van der Waals surface area contributed by atoms with Crippen LogP contribution in [0.5, 0.6) is 0 Å². The van der Waals surface area contributed by atoms with Crippen LogP contribution in [0.1, 0.15) is 0 Å². The molecule has 0 N–H and O–H groups in total. The number of anilines is 1. The molecule has 64 valence electrons. The molecule has 0 unspecified atom stereocenters. The van der Waals surface area contributed by atoms with Crippen molar-refractivity contribution in [3.63, 3.8) is 0 Å². The molecule has 1 amide bonds. The Balaban J connectivity index is 2.95. The zero-order chi connectivity index (χ0) is 9.14. The Morgan fingerprint density at radius 1 is 1.50 bits per heavy atom. The zero-order valence-corrected chi connectivity index (χ0v) is 9.59. The van der Waals surface area contributed by atoms with E-state index in [1.54, 1.807) is 7.05 Å². The smallest absolute Gasteiger partial charge is 0.293 e. The molecule has 0 radical (unpaired) electrons. The molecule has 0 saturated carbocycles. The molecule has 4 heteroatoms. The monoisotopic (exact) mass is 291 g/mol. The highest BCUT2D eigenvalue weighted by Gasteiger charge is 2.05. The van der Waals surface area contributed by atoms with Crippen LogP contribution in [0.15, 0.2) is 28.7 Å². The average Bonchev–Trinajstić information content (AvgIpc) is 2.03. The van der Waals surface area contributed by atoms with Crippen LogP contribution >= 0.6 is 31.9 Å². The second-order valence-corrected chi connectivity index (χ2v) is 3.89. The third-order valence-corrected chi connectivity index (χ3v) is 2.48. The van der Waals surface area contributed by atoms with Crippen molar-refractivity contribution < 1.29 is 4.79 Å². The van der Waals surface area contributed by atoms with Crippen LogP contribution in [0.25, 0.3) is 0 Å². The first kappa shape index (κ1) is 9.74. The molecule has 2 nitrogen and oxygen atoms in total. The molecule has 1 aromatic carbocycles. The molecule has 12 heavy (non-hydrogen) atoms. The molecule has 0 spiro atoms. The fourth-order valence-corrected chi connectivity index (χ4v) is 1.38. The van der Waals surface area contributed by atoms with Gasteiger partial charge in [0.2, 0.25) is 0 Å². The first-order valence-corrected chi connectivity index (χ1v) is 4.88. The van der Waals surface area contributed by atoms with E-state index in [9.17, 15) is 4.79 Å². The zero-order valence-electron chi connectivity index (χ0n) is 6.42. The predicted molar refractivity (Wildman–Crippen MR) is 56.9 cm³/mol. The summed E-state index contributed by atoms with van der Waals surface area (Å²) in [6.07, 6.45) is 0. The quantitative estimate of drug-likeness (QED) is 0.574. The van der Waals surface area contributed by atoms with Gasteiger partial charge in [-0.2, -0.15) is 0 Å². The Labute approximate surface area is 87.8 Å². The Morgan fingerprint density at radius 3 is 2.67 bits per heavy atom. The summed E-state index contributed by atoms with van der Waals surface area (Å²) in [4.78, 5) is 12.2. The van der Waals surface area contributed by atoms with E-state index in [0.29, 0.717) is 0 Å². The lowest BCUT2D eigenvalue weighted by Crippen LogP contribution is -2.18. The van der Waals surface area contributed by atoms with Gasteiger partial charge in [-0.1, -0.05) is 22.0 Å². The minimum absolute atomic E-state index is 0.152. The van der Waals surface area contributed by atoms with Gasteiger partial charge in [0.25, 0.3) is 4.82 Å². The van der Waals surface area contributed by atoms with Gasteiger partial charge in [-0.15, -0.1) is 0 Å². The highest BCUT2D eigenvalue weighted by Crippen LogP contribution is 2.19. The summed E-state index contributed by atoms with van der Waals surface area (Å²) in [6.45, 7) is 0. The number of benzene rings is 1. The summed E-state index contributed by atoms with van der Waals surface area (Å²) in [7, 11) is 1.71. The van der Waals surface area contributed by atoms with Crippen molar-refractivity contribution in [2.45, 2.75) is 0 Å². The van der Waals surface area contributed by atoms with Crippen LogP contribution in [0.3, 0.4) is 0 Å². The second kappa shape index (κ2) is 4.05. The number of rotatable bonds is 1. The minimum atomic E-state index is -0.152. The van der Waals surface area contributed by atoms with E-state index < -0.39 is 0 Å². The third kappa shape index (κ3) is 2.32. The fraction of sp³-hybridized carbons (Fsp3) is 0.125. The first-order chi connectivity index (χ1) is 5.61. The van der Waals surface area contributed by atoms with Crippen molar-refractivity contribution in [2.24, 2.45) is 0 Å². The van der Waals surface area contributed by atoms with Crippen LogP contribution in [0, 0.1) is 0 Å². The van der Waals surface area contributed by atoms with Gasteiger partial charge in [0.05, 0.1) is 0 Å². The van der Waals surface area contributed by atoms with Gasteiger partial charge < -0.3 is 4.90 Å². The van der Waals surface area contributed by atoms with Crippen LogP contribution in [0.4, 0.5) is 10.5 Å². The molecule has 0 aliphatic rings. The van der Waals surface area contributed by atoms with E-state index in [2.05, 4.69) is 31.9 Å². The second-order valence-electron chi connectivity index (χ2n) is 2.29. The van der Waals surface area contributed by atoms with E-state index >= 15 is 0 Å². The molecule has 0 saturated heterocycles. The number of nitrogens with zero attached hydrogens (tertiary/aromatic N) is 1. The van der Waals surface area contributed by atoms with E-state index in [1.165, 1.54) is 4.90 Å². The molecule has 0 bridgehead atoms. The summed E-state index contributed by atoms with van der Waals surface area (Å²) >= 11 is 6.20. The van der Waals surface area contributed by atoms with Gasteiger partial charge >= 0.3 is 0 Å². The average molecular weight is 293 g/mol. The van der Waals surface area contributed by atoms with Crippen molar-refractivity contribution in [1.82, 2.24) is 0 Å². The lowest BCUT2D eigenvalue weighted by molar-refractivity contribution is 0.267. The molecule has 1 rings (SSSR count). The number of hydrogen-bond acceptors (Lipinski definition) is 1. The molecular weight excluding hydrogens is 286 g/mol. The standard InChI is InChI=1S/C8H7Br2NO/c1-11(8(10)12)7-4-2-3-6(9)5-7/h2-5H,1H3. The molecular formula is C8H7Br2NO. The molecule has 0 heterocycles. The Bertz CT molecular complexity index is 301. The Morgan fingerprint density at radius 2 is 2.17 bits per heavy atom. The number of halogens is 2. The number of carbonyl (C=O) groups is 1. The van der Waals surface area contributed by atoms with Gasteiger partial charge in [0.1, 0.15) is 0 Å². The predicted octanol–water partition coefficient (Wildman–Crippen LogP) is 3.40. The largest absolute Gasteiger partial charge is 0.306 e. The molecule has 0 aliphatic carbocycles. The summed E-state index contributed by atoms with van der Waals surface area (Å²) in [6, 6.07) is 7.53. The summed E-state index contributed by atoms with van der Waals surface area (Å²) in [5.41, 5.74) is 0.853. The van der Waals surface area contributed by atoms with Gasteiger partial charge in [-0.05, 0) is 18.2 Å². The van der Waals surface area contributed by atoms with Crippen LogP contribution in [-0.2, 0) is 0 Å². The third-order valence-electron chi connectivity index (χ3n) is 1.46. The van der Waals surface area contributed by atoms with E-state index in [0.717, 1.165) is 10.2 Å². The maximum atomic E-state index is 10.9. The van der Waals surface area contributed by atoms with Crippen molar-refractivity contribution >= 4 is 42.4 Å². The summed E-state index contributed by atoms with van der Waals surface area (Å²) in [5, 5.41) is 0. The van der Waals surface area contributed by atoms with Gasteiger partial charge in [-0.3, -0.25) is 4.79 Å². The Hall–Kier alpha value is -0.350. The normalized spacial score (nSPS) is 9.58. The van der Waals surface area contributed by atoms with Crippen LogP contribution in [-0.4, -0.2) is 11.9 Å². The SMILES string of the molecule is CN(C(=O)Br)c1cccc(Br)c1. The summed E-state index contributed by atoms with van der Waals surface area (Å²) < 4.78 is 0.959. The van der Waals surface area contributed by atoms with Crippen LogP contribution < -0.4 is 4.90 Å². The van der Waals surface area contributed by atoms with E-state index in [4.69, 9.17) is 0 Å². The van der Waals surface area contributed by atoms with Crippen molar-refractivity contribution in [3.05, 3.63) is 28.7 Å². The number of amides is 1. The molecule has 0 fully saturated rings. The van der Waals surface area contributed by atoms with E-state index in [-0.39, 0.29) is 4.82 Å². The van der Waals surface area contributed by atoms with Crippen molar-refractivity contribution in [3.8, 4) is 0 Å². The van der Waals surface area contributed by atoms with Crippen LogP contribution in [0.2, 0.25) is 0 Å². The lowest BCUT2D eigenvalue weighted by Gasteiger charge is -2.13. The Kier molecular flexibility index (Phi) is 3.29. The van der Waals surface area contributed by atoms with Crippen molar-refractivity contribution in [2.75, 3.05) is 11.9 Å². The van der Waals surface area contributed by atoms with Gasteiger partial charge in [0.15, 0.2) is 0 Å². The van der Waals surface area contributed by atoms with Gasteiger partial charge in [0, 0.05) is 33.1 Å².